The number of hydrogen-bond donors (Lipinski definition) is 2. The Kier molecular flexibility index (Phi) is 4.74. The fraction of sp³-hybridized carbons (Fsp3) is 0.529. The number of benzene rings is 1. The molecule has 0 fully saturated rings. The topological polar surface area (TPSA) is 75.6 Å². The highest BCUT2D eigenvalue weighted by Crippen LogP contribution is 2.27. The number of carboxylic acid groups (broad SMARTS) is 1. The summed E-state index contributed by atoms with van der Waals surface area (Å²) in [4.78, 5) is 23.4. The Hall–Kier alpha value is -2.04. The van der Waals surface area contributed by atoms with E-state index in [2.05, 4.69) is 11.4 Å². The van der Waals surface area contributed by atoms with Crippen molar-refractivity contribution in [3.63, 3.8) is 0 Å². The molecule has 0 spiro atoms. The first kappa shape index (κ1) is 16.3. The molecule has 1 aromatic carbocycles. The predicted octanol–water partition coefficient (Wildman–Crippen LogP) is 2.77. The molecule has 2 rings (SSSR count). The number of amides is 1. The third-order valence-corrected chi connectivity index (χ3v) is 3.79. The van der Waals surface area contributed by atoms with Crippen LogP contribution >= 0.6 is 0 Å². The number of carboxylic acids is 1. The third kappa shape index (κ3) is 4.23. The predicted molar refractivity (Wildman–Crippen MR) is 82.8 cm³/mol. The summed E-state index contributed by atoms with van der Waals surface area (Å²) in [5, 5.41) is 12.0. The maximum Gasteiger partial charge on any atom is 0.408 e. The number of carbonyl (C=O) groups is 2. The molecule has 1 aromatic rings. The van der Waals surface area contributed by atoms with Gasteiger partial charge in [-0.15, -0.1) is 0 Å². The number of rotatable bonds is 3. The molecule has 5 nitrogen and oxygen atoms in total. The van der Waals surface area contributed by atoms with Crippen LogP contribution in [0.25, 0.3) is 0 Å². The average Bonchev–Trinajstić information content (AvgIpc) is 2.42. The second-order valence-corrected chi connectivity index (χ2v) is 6.73. The summed E-state index contributed by atoms with van der Waals surface area (Å²) in [5.74, 6) is -1.14. The van der Waals surface area contributed by atoms with Gasteiger partial charge in [0.1, 0.15) is 11.6 Å². The highest BCUT2D eigenvalue weighted by molar-refractivity contribution is 5.80. The van der Waals surface area contributed by atoms with Gasteiger partial charge in [-0.1, -0.05) is 24.3 Å². The molecular formula is C17H23NO4. The van der Waals surface area contributed by atoms with Crippen LogP contribution in [0.15, 0.2) is 24.3 Å². The van der Waals surface area contributed by atoms with Gasteiger partial charge < -0.3 is 15.2 Å². The number of aryl methyl sites for hydroxylation is 1. The number of fused-ring (bicyclic) bond motifs is 1. The molecule has 0 aromatic heterocycles. The molecule has 0 heterocycles. The average molecular weight is 305 g/mol. The first-order valence-corrected chi connectivity index (χ1v) is 7.55. The lowest BCUT2D eigenvalue weighted by Gasteiger charge is -2.30. The minimum absolute atomic E-state index is 0.125. The smallest absolute Gasteiger partial charge is 0.408 e. The van der Waals surface area contributed by atoms with E-state index < -0.39 is 23.7 Å². The van der Waals surface area contributed by atoms with Crippen LogP contribution in [0.5, 0.6) is 0 Å². The van der Waals surface area contributed by atoms with Crippen LogP contribution in [0.4, 0.5) is 4.79 Å². The zero-order valence-electron chi connectivity index (χ0n) is 13.3. The van der Waals surface area contributed by atoms with Crippen LogP contribution in [0.2, 0.25) is 0 Å². The minimum atomic E-state index is -1.02. The van der Waals surface area contributed by atoms with E-state index in [0.717, 1.165) is 18.4 Å². The van der Waals surface area contributed by atoms with Crippen LogP contribution in [-0.2, 0) is 22.4 Å². The number of hydrogen-bond acceptors (Lipinski definition) is 3. The molecule has 0 saturated heterocycles. The van der Waals surface area contributed by atoms with E-state index in [1.165, 1.54) is 5.56 Å². The molecule has 0 bridgehead atoms. The van der Waals surface area contributed by atoms with Gasteiger partial charge in [-0.05, 0) is 57.1 Å². The van der Waals surface area contributed by atoms with Gasteiger partial charge in [-0.3, -0.25) is 0 Å². The number of nitrogens with one attached hydrogen (secondary N) is 1. The summed E-state index contributed by atoms with van der Waals surface area (Å²) in [7, 11) is 0. The summed E-state index contributed by atoms with van der Waals surface area (Å²) >= 11 is 0. The van der Waals surface area contributed by atoms with Crippen LogP contribution in [0, 0.1) is 5.92 Å². The molecule has 2 N–H and O–H groups in total. The van der Waals surface area contributed by atoms with Gasteiger partial charge >= 0.3 is 12.1 Å². The molecule has 1 aliphatic carbocycles. The number of alkyl carbamates (subject to hydrolysis) is 1. The molecule has 1 aliphatic rings. The monoisotopic (exact) mass is 305 g/mol. The van der Waals surface area contributed by atoms with Crippen LogP contribution in [-0.4, -0.2) is 28.8 Å². The van der Waals surface area contributed by atoms with Crippen LogP contribution < -0.4 is 5.32 Å². The van der Waals surface area contributed by atoms with E-state index >= 15 is 0 Å². The molecule has 0 aliphatic heterocycles. The van der Waals surface area contributed by atoms with Crippen molar-refractivity contribution in [2.75, 3.05) is 0 Å². The Labute approximate surface area is 130 Å². The molecule has 0 radical (unpaired) electrons. The van der Waals surface area contributed by atoms with Gasteiger partial charge in [-0.2, -0.15) is 0 Å². The largest absolute Gasteiger partial charge is 0.480 e. The van der Waals surface area contributed by atoms with Gasteiger partial charge in [-0.25, -0.2) is 9.59 Å². The standard InChI is InChI=1S/C17H23NO4/c1-17(2,3)22-16(21)18-14(15(19)20)13-9-8-11-6-4-5-7-12(11)10-13/h4-7,13-14H,8-10H2,1-3H3,(H,18,21)(H,19,20)/t13-,14-/m0/s1. The van der Waals surface area contributed by atoms with Crippen molar-refractivity contribution in [3.05, 3.63) is 35.4 Å². The third-order valence-electron chi connectivity index (χ3n) is 3.79. The van der Waals surface area contributed by atoms with Crippen LogP contribution in [0.3, 0.4) is 0 Å². The zero-order valence-corrected chi connectivity index (χ0v) is 13.3. The van der Waals surface area contributed by atoms with E-state index in [-0.39, 0.29) is 5.92 Å². The van der Waals surface area contributed by atoms with Gasteiger partial charge in [0, 0.05) is 0 Å². The Morgan fingerprint density at radius 1 is 1.27 bits per heavy atom. The summed E-state index contributed by atoms with van der Waals surface area (Å²) in [6, 6.07) is 7.12. The van der Waals surface area contributed by atoms with Crippen molar-refractivity contribution in [1.82, 2.24) is 5.32 Å². The lowest BCUT2D eigenvalue weighted by molar-refractivity contribution is -0.141. The quantitative estimate of drug-likeness (QED) is 0.900. The number of carbonyl (C=O) groups excluding carboxylic acids is 1. The Morgan fingerprint density at radius 3 is 2.50 bits per heavy atom. The second-order valence-electron chi connectivity index (χ2n) is 6.73. The van der Waals surface area contributed by atoms with Crippen molar-refractivity contribution in [3.8, 4) is 0 Å². The summed E-state index contributed by atoms with van der Waals surface area (Å²) < 4.78 is 5.17. The van der Waals surface area contributed by atoms with E-state index in [9.17, 15) is 14.7 Å². The molecular weight excluding hydrogens is 282 g/mol. The molecule has 2 atom stereocenters. The molecule has 1 amide bonds. The minimum Gasteiger partial charge on any atom is -0.480 e. The van der Waals surface area contributed by atoms with Crippen molar-refractivity contribution in [1.29, 1.82) is 0 Å². The highest BCUT2D eigenvalue weighted by atomic mass is 16.6. The SMILES string of the molecule is CC(C)(C)OC(=O)N[C@H](C(=O)O)[C@H]1CCc2ccccc2C1. The second kappa shape index (κ2) is 6.38. The molecule has 22 heavy (non-hydrogen) atoms. The normalized spacial score (nSPS) is 19.0. The van der Waals surface area contributed by atoms with Crippen molar-refractivity contribution in [2.24, 2.45) is 5.92 Å². The first-order valence-electron chi connectivity index (χ1n) is 7.55. The molecule has 120 valence electrons. The maximum atomic E-state index is 11.9. The van der Waals surface area contributed by atoms with Gasteiger partial charge in [0.2, 0.25) is 0 Å². The van der Waals surface area contributed by atoms with E-state index in [1.54, 1.807) is 20.8 Å². The summed E-state index contributed by atoms with van der Waals surface area (Å²) in [6.45, 7) is 5.25. The Morgan fingerprint density at radius 2 is 1.91 bits per heavy atom. The Bertz CT molecular complexity index is 562. The van der Waals surface area contributed by atoms with Crippen molar-refractivity contribution in [2.45, 2.75) is 51.7 Å². The summed E-state index contributed by atoms with van der Waals surface area (Å²) in [5.41, 5.74) is 1.78. The van der Waals surface area contributed by atoms with Gasteiger partial charge in [0.25, 0.3) is 0 Å². The molecule has 5 heteroatoms. The Balaban J connectivity index is 2.07. The molecule has 0 saturated carbocycles. The van der Waals surface area contributed by atoms with E-state index in [4.69, 9.17) is 4.74 Å². The van der Waals surface area contributed by atoms with Crippen molar-refractivity contribution >= 4 is 12.1 Å². The van der Waals surface area contributed by atoms with E-state index in [1.807, 2.05) is 18.2 Å². The summed E-state index contributed by atoms with van der Waals surface area (Å²) in [6.07, 6.45) is 1.55. The fourth-order valence-electron chi connectivity index (χ4n) is 2.83. The first-order chi connectivity index (χ1) is 10.3. The molecule has 0 unspecified atom stereocenters. The number of aliphatic carboxylic acids is 1. The highest BCUT2D eigenvalue weighted by Gasteiger charge is 2.33. The van der Waals surface area contributed by atoms with Gasteiger partial charge in [0.15, 0.2) is 0 Å². The number of ether oxygens (including phenoxy) is 1. The van der Waals surface area contributed by atoms with Crippen molar-refractivity contribution < 1.29 is 19.4 Å². The maximum absolute atomic E-state index is 11.9. The van der Waals surface area contributed by atoms with Gasteiger partial charge in [0.05, 0.1) is 0 Å². The lowest BCUT2D eigenvalue weighted by atomic mass is 9.80. The lowest BCUT2D eigenvalue weighted by Crippen LogP contribution is -2.49. The zero-order chi connectivity index (χ0) is 16.3. The van der Waals surface area contributed by atoms with Crippen LogP contribution in [0.1, 0.15) is 38.3 Å². The fourth-order valence-corrected chi connectivity index (χ4v) is 2.83. The van der Waals surface area contributed by atoms with E-state index in [0.29, 0.717) is 6.42 Å².